The third kappa shape index (κ3) is 2.26. The van der Waals surface area contributed by atoms with Gasteiger partial charge >= 0.3 is 0 Å². The number of nitrogens with zero attached hydrogens (tertiary/aromatic N) is 3. The van der Waals surface area contributed by atoms with Gasteiger partial charge in [-0.3, -0.25) is 4.79 Å². The van der Waals surface area contributed by atoms with Crippen LogP contribution in [-0.2, 0) is 6.61 Å². The van der Waals surface area contributed by atoms with E-state index in [1.54, 1.807) is 0 Å². The van der Waals surface area contributed by atoms with Crippen molar-refractivity contribution in [2.75, 3.05) is 0 Å². The first-order valence-corrected chi connectivity index (χ1v) is 5.05. The molecule has 0 fully saturated rings. The van der Waals surface area contributed by atoms with Gasteiger partial charge in [0.15, 0.2) is 0 Å². The molecule has 0 radical (unpaired) electrons. The highest BCUT2D eigenvalue weighted by Gasteiger charge is 2.05. The van der Waals surface area contributed by atoms with Gasteiger partial charge in [0.25, 0.3) is 0 Å². The lowest BCUT2D eigenvalue weighted by molar-refractivity contribution is 0.273. The summed E-state index contributed by atoms with van der Waals surface area (Å²) >= 11 is 0. The fraction of sp³-hybridized carbons (Fsp3) is 0.0833. The summed E-state index contributed by atoms with van der Waals surface area (Å²) in [6, 6.07) is 6.75. The molecule has 0 aliphatic carbocycles. The highest BCUT2D eigenvalue weighted by Crippen LogP contribution is 2.11. The fourth-order valence-electron chi connectivity index (χ4n) is 1.47. The minimum atomic E-state index is -0.574. The van der Waals surface area contributed by atoms with Crippen molar-refractivity contribution in [1.29, 1.82) is 5.26 Å². The minimum Gasteiger partial charge on any atom is -0.390 e. The van der Waals surface area contributed by atoms with Gasteiger partial charge in [-0.15, -0.1) is 0 Å². The first-order valence-electron chi connectivity index (χ1n) is 5.05. The summed E-state index contributed by atoms with van der Waals surface area (Å²) in [4.78, 5) is 11.3. The molecule has 2 aromatic rings. The van der Waals surface area contributed by atoms with Crippen molar-refractivity contribution in [3.05, 3.63) is 57.8 Å². The highest BCUT2D eigenvalue weighted by molar-refractivity contribution is 5.41. The van der Waals surface area contributed by atoms with E-state index in [1.807, 2.05) is 6.07 Å². The van der Waals surface area contributed by atoms with Crippen LogP contribution < -0.4 is 5.43 Å². The number of nitriles is 1. The van der Waals surface area contributed by atoms with Crippen molar-refractivity contribution < 1.29 is 9.50 Å². The van der Waals surface area contributed by atoms with Gasteiger partial charge in [-0.1, -0.05) is 0 Å². The third-order valence-electron chi connectivity index (χ3n) is 2.31. The van der Waals surface area contributed by atoms with Gasteiger partial charge in [0, 0.05) is 12.3 Å². The molecule has 0 unspecified atom stereocenters. The predicted octanol–water partition coefficient (Wildman–Crippen LogP) is 0.736. The van der Waals surface area contributed by atoms with E-state index in [0.29, 0.717) is 5.69 Å². The van der Waals surface area contributed by atoms with Gasteiger partial charge in [0.1, 0.15) is 11.5 Å². The van der Waals surface area contributed by atoms with E-state index in [1.165, 1.54) is 29.1 Å². The number of aliphatic hydroxyl groups is 1. The van der Waals surface area contributed by atoms with Crippen LogP contribution in [0.5, 0.6) is 0 Å². The van der Waals surface area contributed by atoms with Crippen LogP contribution in [0.1, 0.15) is 11.3 Å². The zero-order valence-corrected chi connectivity index (χ0v) is 9.17. The third-order valence-corrected chi connectivity index (χ3v) is 2.31. The van der Waals surface area contributed by atoms with Crippen LogP contribution in [0, 0.1) is 17.1 Å². The van der Waals surface area contributed by atoms with E-state index in [0.717, 1.165) is 6.07 Å². The van der Waals surface area contributed by atoms with Gasteiger partial charge in [-0.25, -0.2) is 9.07 Å². The first kappa shape index (κ1) is 12.0. The molecule has 90 valence electrons. The van der Waals surface area contributed by atoms with Crippen molar-refractivity contribution in [3.8, 4) is 11.8 Å². The Morgan fingerprint density at radius 2 is 2.22 bits per heavy atom. The molecule has 0 saturated heterocycles. The number of hydrogen-bond acceptors (Lipinski definition) is 4. The summed E-state index contributed by atoms with van der Waals surface area (Å²) in [5, 5.41) is 21.5. The molecule has 0 spiro atoms. The summed E-state index contributed by atoms with van der Waals surface area (Å²) < 4.78 is 14.5. The number of aromatic nitrogens is 2. The maximum absolute atomic E-state index is 13.3. The summed E-state index contributed by atoms with van der Waals surface area (Å²) in [6.45, 7) is -0.500. The average Bonchev–Trinajstić information content (AvgIpc) is 2.38. The molecule has 1 heterocycles. The smallest absolute Gasteiger partial charge is 0.205 e. The number of rotatable bonds is 2. The van der Waals surface area contributed by atoms with Crippen molar-refractivity contribution >= 4 is 0 Å². The zero-order valence-electron chi connectivity index (χ0n) is 9.17. The SMILES string of the molecule is N#Cc1cc(F)cc(-n2ccc(=O)c(CO)n2)c1. The van der Waals surface area contributed by atoms with Crippen molar-refractivity contribution in [2.24, 2.45) is 0 Å². The molecule has 0 amide bonds. The van der Waals surface area contributed by atoms with Crippen LogP contribution >= 0.6 is 0 Å². The molecule has 0 aliphatic rings. The lowest BCUT2D eigenvalue weighted by Gasteiger charge is -2.06. The summed E-state index contributed by atoms with van der Waals surface area (Å²) in [5.41, 5.74) is 0.0169. The second kappa shape index (κ2) is 4.77. The quantitative estimate of drug-likeness (QED) is 0.846. The van der Waals surface area contributed by atoms with Crippen LogP contribution in [0.3, 0.4) is 0 Å². The molecule has 1 aromatic carbocycles. The van der Waals surface area contributed by atoms with Crippen LogP contribution in [0.2, 0.25) is 0 Å². The number of halogens is 1. The molecule has 2 rings (SSSR count). The lowest BCUT2D eigenvalue weighted by Crippen LogP contribution is -2.15. The standard InChI is InChI=1S/C12H8FN3O2/c13-9-3-8(6-14)4-10(5-9)16-2-1-12(18)11(7-17)15-16/h1-5,17H,7H2. The molecule has 5 nitrogen and oxygen atoms in total. The van der Waals surface area contributed by atoms with Crippen molar-refractivity contribution in [1.82, 2.24) is 9.78 Å². The van der Waals surface area contributed by atoms with E-state index in [-0.39, 0.29) is 11.3 Å². The topological polar surface area (TPSA) is 78.9 Å². The Morgan fingerprint density at radius 1 is 1.44 bits per heavy atom. The zero-order chi connectivity index (χ0) is 13.1. The monoisotopic (exact) mass is 245 g/mol. The second-order valence-electron chi connectivity index (χ2n) is 3.54. The molecule has 0 bridgehead atoms. The Bertz CT molecular complexity index is 688. The largest absolute Gasteiger partial charge is 0.390 e. The van der Waals surface area contributed by atoms with E-state index < -0.39 is 17.9 Å². The van der Waals surface area contributed by atoms with Crippen molar-refractivity contribution in [3.63, 3.8) is 0 Å². The molecule has 1 aromatic heterocycles. The first-order chi connectivity index (χ1) is 8.63. The molecular weight excluding hydrogens is 237 g/mol. The molecule has 0 atom stereocenters. The predicted molar refractivity (Wildman–Crippen MR) is 60.4 cm³/mol. The summed E-state index contributed by atoms with van der Waals surface area (Å²) in [6.07, 6.45) is 1.34. The molecular formula is C12H8FN3O2. The molecule has 0 aliphatic heterocycles. The Balaban J connectivity index is 2.59. The number of aliphatic hydroxyl groups excluding tert-OH is 1. The Labute approximate surface area is 101 Å². The fourth-order valence-corrected chi connectivity index (χ4v) is 1.47. The van der Waals surface area contributed by atoms with E-state index in [2.05, 4.69) is 5.10 Å². The van der Waals surface area contributed by atoms with Gasteiger partial charge in [-0.05, 0) is 18.2 Å². The van der Waals surface area contributed by atoms with Crippen LogP contribution in [0.15, 0.2) is 35.3 Å². The Morgan fingerprint density at radius 3 is 2.89 bits per heavy atom. The minimum absolute atomic E-state index is 0.0414. The van der Waals surface area contributed by atoms with Gasteiger partial charge in [-0.2, -0.15) is 10.4 Å². The molecule has 18 heavy (non-hydrogen) atoms. The molecule has 6 heteroatoms. The maximum Gasteiger partial charge on any atom is 0.205 e. The van der Waals surface area contributed by atoms with Crippen LogP contribution in [0.4, 0.5) is 4.39 Å². The Kier molecular flexibility index (Phi) is 3.17. The molecule has 0 saturated carbocycles. The molecule has 1 N–H and O–H groups in total. The van der Waals surface area contributed by atoms with Crippen molar-refractivity contribution in [2.45, 2.75) is 6.61 Å². The average molecular weight is 245 g/mol. The summed E-state index contributed by atoms with van der Waals surface area (Å²) in [7, 11) is 0. The van der Waals surface area contributed by atoms with Crippen LogP contribution in [-0.4, -0.2) is 14.9 Å². The van der Waals surface area contributed by atoms with Gasteiger partial charge in [0.05, 0.1) is 23.9 Å². The normalized spacial score (nSPS) is 10.1. The number of benzene rings is 1. The van der Waals surface area contributed by atoms with E-state index in [4.69, 9.17) is 10.4 Å². The van der Waals surface area contributed by atoms with E-state index >= 15 is 0 Å². The van der Waals surface area contributed by atoms with Gasteiger partial charge < -0.3 is 5.11 Å². The highest BCUT2D eigenvalue weighted by atomic mass is 19.1. The van der Waals surface area contributed by atoms with E-state index in [9.17, 15) is 9.18 Å². The Hall–Kier alpha value is -2.52. The second-order valence-corrected chi connectivity index (χ2v) is 3.54. The maximum atomic E-state index is 13.3. The lowest BCUT2D eigenvalue weighted by atomic mass is 10.2. The van der Waals surface area contributed by atoms with Gasteiger partial charge in [0.2, 0.25) is 5.43 Å². The number of hydrogen-bond donors (Lipinski definition) is 1. The summed E-state index contributed by atoms with van der Waals surface area (Å²) in [5.74, 6) is -0.574. The van der Waals surface area contributed by atoms with Crippen LogP contribution in [0.25, 0.3) is 5.69 Å².